The molecule has 0 heterocycles. The molecule has 1 N–H and O–H groups in total. The molecule has 0 aliphatic heterocycles. The number of rotatable bonds is 5. The standard InChI is InChI=1S/C12H10F5NO3/c1-2-21-5(19)3-4-18-12(20)6-7(13)9(15)11(17)10(16)8(6)14/h2-4H2,1H3,(H,18,20). The van der Waals surface area contributed by atoms with Crippen molar-refractivity contribution in [3.63, 3.8) is 0 Å². The lowest BCUT2D eigenvalue weighted by atomic mass is 10.1. The van der Waals surface area contributed by atoms with Crippen LogP contribution >= 0.6 is 0 Å². The molecule has 4 nitrogen and oxygen atoms in total. The Morgan fingerprint density at radius 1 is 0.952 bits per heavy atom. The van der Waals surface area contributed by atoms with Gasteiger partial charge in [0, 0.05) is 6.54 Å². The van der Waals surface area contributed by atoms with Crippen LogP contribution in [0.25, 0.3) is 0 Å². The lowest BCUT2D eigenvalue weighted by Gasteiger charge is -2.09. The van der Waals surface area contributed by atoms with E-state index in [2.05, 4.69) is 4.74 Å². The average molecular weight is 311 g/mol. The molecule has 9 heteroatoms. The highest BCUT2D eigenvalue weighted by Gasteiger charge is 2.29. The zero-order valence-electron chi connectivity index (χ0n) is 10.7. The Bertz CT molecular complexity index is 547. The molecular formula is C12H10F5NO3. The van der Waals surface area contributed by atoms with Crippen molar-refractivity contribution in [3.05, 3.63) is 34.6 Å². The third-order valence-electron chi connectivity index (χ3n) is 2.36. The van der Waals surface area contributed by atoms with Crippen molar-refractivity contribution in [1.82, 2.24) is 5.32 Å². The van der Waals surface area contributed by atoms with Crippen LogP contribution in [0.2, 0.25) is 0 Å². The second-order valence-corrected chi connectivity index (χ2v) is 3.76. The number of hydrogen-bond donors (Lipinski definition) is 1. The molecule has 1 aromatic rings. The van der Waals surface area contributed by atoms with Gasteiger partial charge in [0.25, 0.3) is 5.91 Å². The topological polar surface area (TPSA) is 55.4 Å². The summed E-state index contributed by atoms with van der Waals surface area (Å²) in [6.45, 7) is 1.27. The van der Waals surface area contributed by atoms with Crippen LogP contribution < -0.4 is 5.32 Å². The summed E-state index contributed by atoms with van der Waals surface area (Å²) in [5.41, 5.74) is -1.60. The molecule has 0 radical (unpaired) electrons. The van der Waals surface area contributed by atoms with Gasteiger partial charge in [-0.3, -0.25) is 9.59 Å². The molecule has 0 saturated heterocycles. The third-order valence-corrected chi connectivity index (χ3v) is 2.36. The van der Waals surface area contributed by atoms with Crippen molar-refractivity contribution in [2.75, 3.05) is 13.2 Å². The number of halogens is 5. The van der Waals surface area contributed by atoms with Crippen LogP contribution in [0.4, 0.5) is 22.0 Å². The third kappa shape index (κ3) is 3.67. The Morgan fingerprint density at radius 2 is 1.43 bits per heavy atom. The first kappa shape index (κ1) is 16.9. The van der Waals surface area contributed by atoms with Gasteiger partial charge in [0.15, 0.2) is 23.3 Å². The van der Waals surface area contributed by atoms with E-state index in [9.17, 15) is 31.5 Å². The first-order valence-electron chi connectivity index (χ1n) is 5.76. The molecule has 1 amide bonds. The van der Waals surface area contributed by atoms with Gasteiger partial charge >= 0.3 is 5.97 Å². The summed E-state index contributed by atoms with van der Waals surface area (Å²) in [6.07, 6.45) is -0.311. The minimum Gasteiger partial charge on any atom is -0.466 e. The van der Waals surface area contributed by atoms with Crippen molar-refractivity contribution >= 4 is 11.9 Å². The Balaban J connectivity index is 2.87. The number of ether oxygens (including phenoxy) is 1. The van der Waals surface area contributed by atoms with Crippen LogP contribution in [0.1, 0.15) is 23.7 Å². The number of nitrogens with one attached hydrogen (secondary N) is 1. The molecule has 0 spiro atoms. The summed E-state index contributed by atoms with van der Waals surface area (Å²) in [6, 6.07) is 0. The first-order valence-corrected chi connectivity index (χ1v) is 5.76. The van der Waals surface area contributed by atoms with E-state index in [1.54, 1.807) is 6.92 Å². The van der Waals surface area contributed by atoms with Gasteiger partial charge in [0.05, 0.1) is 13.0 Å². The lowest BCUT2D eigenvalue weighted by molar-refractivity contribution is -0.142. The second-order valence-electron chi connectivity index (χ2n) is 3.76. The summed E-state index contributed by atoms with van der Waals surface area (Å²) in [4.78, 5) is 22.4. The van der Waals surface area contributed by atoms with Crippen molar-refractivity contribution in [1.29, 1.82) is 0 Å². The largest absolute Gasteiger partial charge is 0.466 e. The molecule has 1 aromatic carbocycles. The summed E-state index contributed by atoms with van der Waals surface area (Å²) in [5, 5.41) is 1.87. The van der Waals surface area contributed by atoms with E-state index in [1.807, 2.05) is 5.32 Å². The predicted octanol–water partition coefficient (Wildman–Crippen LogP) is 2.07. The maximum atomic E-state index is 13.3. The van der Waals surface area contributed by atoms with Crippen LogP contribution in [-0.2, 0) is 9.53 Å². The highest BCUT2D eigenvalue weighted by atomic mass is 19.2. The van der Waals surface area contributed by atoms with E-state index in [4.69, 9.17) is 0 Å². The van der Waals surface area contributed by atoms with Gasteiger partial charge in [-0.15, -0.1) is 0 Å². The van der Waals surface area contributed by atoms with Crippen LogP contribution in [-0.4, -0.2) is 25.0 Å². The molecule has 0 unspecified atom stereocenters. The van der Waals surface area contributed by atoms with Crippen LogP contribution in [0, 0.1) is 29.1 Å². The van der Waals surface area contributed by atoms with Crippen molar-refractivity contribution in [3.8, 4) is 0 Å². The van der Waals surface area contributed by atoms with E-state index in [1.165, 1.54) is 0 Å². The zero-order chi connectivity index (χ0) is 16.2. The minimum absolute atomic E-state index is 0.102. The van der Waals surface area contributed by atoms with Gasteiger partial charge in [0.2, 0.25) is 5.82 Å². The molecule has 0 atom stereocenters. The normalized spacial score (nSPS) is 10.4. The molecule has 0 saturated carbocycles. The highest BCUT2D eigenvalue weighted by Crippen LogP contribution is 2.22. The van der Waals surface area contributed by atoms with Gasteiger partial charge in [-0.1, -0.05) is 0 Å². The van der Waals surface area contributed by atoms with Gasteiger partial charge in [-0.05, 0) is 6.92 Å². The molecule has 0 aliphatic rings. The molecule has 0 aliphatic carbocycles. The van der Waals surface area contributed by atoms with Crippen molar-refractivity contribution in [2.24, 2.45) is 0 Å². The fraction of sp³-hybridized carbons (Fsp3) is 0.333. The highest BCUT2D eigenvalue weighted by molar-refractivity contribution is 5.95. The smallest absolute Gasteiger partial charge is 0.307 e. The number of amides is 1. The van der Waals surface area contributed by atoms with Gasteiger partial charge in [-0.2, -0.15) is 0 Å². The Labute approximate surface area is 115 Å². The van der Waals surface area contributed by atoms with Gasteiger partial charge in [-0.25, -0.2) is 22.0 Å². The van der Waals surface area contributed by atoms with E-state index in [0.717, 1.165) is 0 Å². The Hall–Kier alpha value is -2.19. The summed E-state index contributed by atoms with van der Waals surface area (Å²) in [5.74, 6) is -13.5. The average Bonchev–Trinajstić information content (AvgIpc) is 2.43. The van der Waals surface area contributed by atoms with Gasteiger partial charge < -0.3 is 10.1 Å². The van der Waals surface area contributed by atoms with E-state index >= 15 is 0 Å². The van der Waals surface area contributed by atoms with Crippen LogP contribution in [0.15, 0.2) is 0 Å². The number of hydrogen-bond acceptors (Lipinski definition) is 3. The number of carbonyl (C=O) groups excluding carboxylic acids is 2. The van der Waals surface area contributed by atoms with E-state index < -0.39 is 46.5 Å². The van der Waals surface area contributed by atoms with E-state index in [0.29, 0.717) is 0 Å². The monoisotopic (exact) mass is 311 g/mol. The quantitative estimate of drug-likeness (QED) is 0.392. The van der Waals surface area contributed by atoms with Crippen molar-refractivity contribution < 1.29 is 36.3 Å². The SMILES string of the molecule is CCOC(=O)CCNC(=O)c1c(F)c(F)c(F)c(F)c1F. The van der Waals surface area contributed by atoms with Crippen LogP contribution in [0.3, 0.4) is 0 Å². The molecule has 0 bridgehead atoms. The number of benzene rings is 1. The number of carbonyl (C=O) groups is 2. The fourth-order valence-corrected chi connectivity index (χ4v) is 1.40. The van der Waals surface area contributed by atoms with Crippen LogP contribution in [0.5, 0.6) is 0 Å². The molecule has 21 heavy (non-hydrogen) atoms. The maximum absolute atomic E-state index is 13.3. The molecule has 1 rings (SSSR count). The van der Waals surface area contributed by atoms with Crippen molar-refractivity contribution in [2.45, 2.75) is 13.3 Å². The molecule has 0 aromatic heterocycles. The summed E-state index contributed by atoms with van der Waals surface area (Å²) < 4.78 is 69.7. The lowest BCUT2D eigenvalue weighted by Crippen LogP contribution is -2.29. The summed E-state index contributed by atoms with van der Waals surface area (Å²) >= 11 is 0. The van der Waals surface area contributed by atoms with Gasteiger partial charge in [0.1, 0.15) is 5.56 Å². The Kier molecular flexibility index (Phi) is 5.62. The second kappa shape index (κ2) is 7.00. The van der Waals surface area contributed by atoms with E-state index in [-0.39, 0.29) is 19.6 Å². The first-order chi connectivity index (χ1) is 9.81. The number of esters is 1. The molecular weight excluding hydrogens is 301 g/mol. The zero-order valence-corrected chi connectivity index (χ0v) is 10.7. The molecule has 0 fully saturated rings. The maximum Gasteiger partial charge on any atom is 0.307 e. The Morgan fingerprint density at radius 3 is 1.90 bits per heavy atom. The fourth-order valence-electron chi connectivity index (χ4n) is 1.40. The minimum atomic E-state index is -2.35. The molecule has 116 valence electrons. The summed E-state index contributed by atoms with van der Waals surface area (Å²) in [7, 11) is 0. The predicted molar refractivity (Wildman–Crippen MR) is 59.8 cm³/mol.